The third-order valence-electron chi connectivity index (χ3n) is 5.25. The van der Waals surface area contributed by atoms with Crippen molar-refractivity contribution in [1.29, 1.82) is 0 Å². The van der Waals surface area contributed by atoms with Gasteiger partial charge in [-0.15, -0.1) is 0 Å². The van der Waals surface area contributed by atoms with E-state index < -0.39 is 10.9 Å². The van der Waals surface area contributed by atoms with Crippen molar-refractivity contribution in [2.24, 2.45) is 0 Å². The number of nitrogens with one attached hydrogen (secondary N) is 2. The van der Waals surface area contributed by atoms with Crippen LogP contribution in [0.25, 0.3) is 0 Å². The molecule has 2 aromatic carbocycles. The van der Waals surface area contributed by atoms with Crippen molar-refractivity contribution >= 4 is 22.7 Å². The van der Waals surface area contributed by atoms with Crippen LogP contribution in [0.5, 0.6) is 5.75 Å². The fourth-order valence-corrected chi connectivity index (χ4v) is 4.20. The highest BCUT2D eigenvalue weighted by Crippen LogP contribution is 2.24. The lowest BCUT2D eigenvalue weighted by Gasteiger charge is -2.30. The Morgan fingerprint density at radius 3 is 2.30 bits per heavy atom. The van der Waals surface area contributed by atoms with E-state index in [1.165, 1.54) is 5.56 Å². The first-order valence-corrected chi connectivity index (χ1v) is 10.9. The molecule has 0 spiro atoms. The summed E-state index contributed by atoms with van der Waals surface area (Å²) in [5.41, 5.74) is 1.76. The molecule has 3 rings (SSSR count). The summed E-state index contributed by atoms with van der Waals surface area (Å²) in [5, 5.41) is 20.1. The zero-order valence-electron chi connectivity index (χ0n) is 17.9. The van der Waals surface area contributed by atoms with Crippen molar-refractivity contribution in [3.8, 4) is 5.75 Å². The van der Waals surface area contributed by atoms with Crippen LogP contribution in [0.4, 0.5) is 11.4 Å². The van der Waals surface area contributed by atoms with Crippen molar-refractivity contribution in [3.63, 3.8) is 0 Å². The Bertz CT molecular complexity index is 1030. The van der Waals surface area contributed by atoms with E-state index in [0.717, 1.165) is 18.4 Å². The summed E-state index contributed by atoms with van der Waals surface area (Å²) >= 11 is 1.64. The van der Waals surface area contributed by atoms with E-state index >= 15 is 0 Å². The molecule has 1 heterocycles. The minimum atomic E-state index is -0.467. The molecule has 6 nitrogen and oxygen atoms in total. The van der Waals surface area contributed by atoms with Gasteiger partial charge in [0.25, 0.3) is 10.9 Å². The van der Waals surface area contributed by atoms with Crippen molar-refractivity contribution in [2.45, 2.75) is 38.3 Å². The maximum absolute atomic E-state index is 12.2. The maximum Gasteiger partial charge on any atom is 0.253 e. The molecule has 0 amide bonds. The van der Waals surface area contributed by atoms with Crippen LogP contribution >= 0.6 is 11.3 Å². The summed E-state index contributed by atoms with van der Waals surface area (Å²) in [7, 11) is 3.97. The van der Waals surface area contributed by atoms with Gasteiger partial charge in [0.15, 0.2) is 0 Å². The van der Waals surface area contributed by atoms with Gasteiger partial charge in [-0.1, -0.05) is 12.1 Å². The molecule has 0 saturated carbocycles. The molecule has 0 aliphatic carbocycles. The molecule has 0 aliphatic heterocycles. The van der Waals surface area contributed by atoms with Gasteiger partial charge in [-0.3, -0.25) is 9.59 Å². The lowest BCUT2D eigenvalue weighted by molar-refractivity contribution is 0.303. The number of hydrogen-bond acceptors (Lipinski definition) is 7. The van der Waals surface area contributed by atoms with Crippen molar-refractivity contribution < 1.29 is 5.11 Å². The van der Waals surface area contributed by atoms with E-state index in [4.69, 9.17) is 0 Å². The molecule has 0 fully saturated rings. The van der Waals surface area contributed by atoms with Crippen LogP contribution < -0.4 is 21.5 Å². The number of phenolic OH excluding ortho intramolecular Hbond substituents is 1. The predicted octanol–water partition coefficient (Wildman–Crippen LogP) is 3.07. The first kappa shape index (κ1) is 22.1. The average molecular weight is 428 g/mol. The Hall–Kier alpha value is -2.64. The Balaban J connectivity index is 1.67. The minimum Gasteiger partial charge on any atom is -0.508 e. The Morgan fingerprint density at radius 2 is 1.70 bits per heavy atom. The highest BCUT2D eigenvalue weighted by atomic mass is 32.1. The summed E-state index contributed by atoms with van der Waals surface area (Å²) in [6, 6.07) is 9.31. The molecular formula is C23H29N3O3S. The molecule has 1 aromatic heterocycles. The van der Waals surface area contributed by atoms with E-state index in [1.54, 1.807) is 23.5 Å². The van der Waals surface area contributed by atoms with Crippen molar-refractivity contribution in [1.82, 2.24) is 4.90 Å². The lowest BCUT2D eigenvalue weighted by atomic mass is 9.95. The summed E-state index contributed by atoms with van der Waals surface area (Å²) < 4.78 is 0. The molecule has 0 saturated heterocycles. The third-order valence-corrected chi connectivity index (χ3v) is 5.98. The predicted molar refractivity (Wildman–Crippen MR) is 125 cm³/mol. The number of rotatable bonds is 10. The molecule has 3 N–H and O–H groups in total. The number of thiophene rings is 1. The van der Waals surface area contributed by atoms with Crippen LogP contribution in [0, 0.1) is 0 Å². The van der Waals surface area contributed by atoms with Crippen LogP contribution in [0.3, 0.4) is 0 Å². The smallest absolute Gasteiger partial charge is 0.253 e. The zero-order chi connectivity index (χ0) is 21.9. The number of aromatic hydroxyl groups is 1. The summed E-state index contributed by atoms with van der Waals surface area (Å²) in [6.07, 6.45) is 1.51. The second-order valence-corrected chi connectivity index (χ2v) is 9.37. The molecule has 0 unspecified atom stereocenters. The summed E-state index contributed by atoms with van der Waals surface area (Å²) in [6.45, 7) is 4.58. The molecule has 1 atom stereocenters. The number of phenols is 1. The van der Waals surface area contributed by atoms with E-state index in [2.05, 4.69) is 27.0 Å². The van der Waals surface area contributed by atoms with Crippen LogP contribution in [-0.2, 0) is 12.8 Å². The Morgan fingerprint density at radius 1 is 1.03 bits per heavy atom. The highest BCUT2D eigenvalue weighted by Gasteiger charge is 2.28. The quantitative estimate of drug-likeness (QED) is 0.432. The minimum absolute atomic E-state index is 0.116. The largest absolute Gasteiger partial charge is 0.508 e. The van der Waals surface area contributed by atoms with Gasteiger partial charge in [0.1, 0.15) is 17.1 Å². The highest BCUT2D eigenvalue weighted by molar-refractivity contribution is 7.07. The van der Waals surface area contributed by atoms with Gasteiger partial charge in [-0.05, 0) is 80.9 Å². The first-order chi connectivity index (χ1) is 14.2. The number of nitrogens with zero attached hydrogens (tertiary/aromatic N) is 1. The fraction of sp³-hybridized carbons (Fsp3) is 0.391. The monoisotopic (exact) mass is 427 g/mol. The number of likely N-dealkylation sites (N-methyl/N-ethyl adjacent to an activating group) is 1. The standard InChI is InChI=1S/C23H29N3O3S/c1-23(2,12-16-9-10-30-14-16)25-20-19(21(28)22(20)29)24-13-17(26(3)4)11-15-5-7-18(27)8-6-15/h5-10,14,17,24-25,27H,11-13H2,1-4H3/t17-/m1/s1. The number of benzene rings is 1. The lowest BCUT2D eigenvalue weighted by Crippen LogP contribution is -2.45. The number of hydrogen-bond donors (Lipinski definition) is 3. The van der Waals surface area contributed by atoms with Crippen molar-refractivity contribution in [3.05, 3.63) is 72.7 Å². The van der Waals surface area contributed by atoms with Gasteiger partial charge >= 0.3 is 0 Å². The van der Waals surface area contributed by atoms with E-state index in [9.17, 15) is 14.7 Å². The van der Waals surface area contributed by atoms with Crippen LogP contribution in [0.15, 0.2) is 50.7 Å². The molecule has 0 radical (unpaired) electrons. The average Bonchev–Trinajstić information content (AvgIpc) is 3.19. The van der Waals surface area contributed by atoms with Crippen molar-refractivity contribution in [2.75, 3.05) is 31.3 Å². The Labute approximate surface area is 180 Å². The van der Waals surface area contributed by atoms with Gasteiger partial charge in [-0.2, -0.15) is 11.3 Å². The van der Waals surface area contributed by atoms with Gasteiger partial charge < -0.3 is 20.6 Å². The second-order valence-electron chi connectivity index (χ2n) is 8.59. The molecule has 3 aromatic rings. The first-order valence-electron chi connectivity index (χ1n) is 9.97. The maximum atomic E-state index is 12.2. The normalized spacial score (nSPS) is 13.0. The second kappa shape index (κ2) is 9.02. The summed E-state index contributed by atoms with van der Waals surface area (Å²) in [4.78, 5) is 26.5. The van der Waals surface area contributed by atoms with Gasteiger partial charge in [-0.25, -0.2) is 0 Å². The van der Waals surface area contributed by atoms with E-state index in [1.807, 2.05) is 45.5 Å². The Kier molecular flexibility index (Phi) is 6.63. The van der Waals surface area contributed by atoms with Crippen LogP contribution in [0.2, 0.25) is 0 Å². The van der Waals surface area contributed by atoms with Gasteiger partial charge in [0.2, 0.25) is 0 Å². The van der Waals surface area contributed by atoms with Crippen LogP contribution in [0.1, 0.15) is 25.0 Å². The third kappa shape index (κ3) is 5.29. The molecular weight excluding hydrogens is 398 g/mol. The molecule has 30 heavy (non-hydrogen) atoms. The fourth-order valence-electron chi connectivity index (χ4n) is 3.53. The topological polar surface area (TPSA) is 81.7 Å². The van der Waals surface area contributed by atoms with Gasteiger partial charge in [0, 0.05) is 18.1 Å². The molecule has 160 valence electrons. The van der Waals surface area contributed by atoms with Crippen LogP contribution in [-0.4, -0.2) is 42.2 Å². The molecule has 7 heteroatoms. The summed E-state index contributed by atoms with van der Waals surface area (Å²) in [5.74, 6) is 0.239. The number of anilines is 2. The SMILES string of the molecule is CN(C)[C@@H](CNc1c(NC(C)(C)Cc2ccsc2)c(=O)c1=O)Cc1ccc(O)cc1. The molecule has 0 bridgehead atoms. The van der Waals surface area contributed by atoms with E-state index in [-0.39, 0.29) is 17.3 Å². The van der Waals surface area contributed by atoms with E-state index in [0.29, 0.717) is 17.9 Å². The van der Waals surface area contributed by atoms with Gasteiger partial charge in [0.05, 0.1) is 0 Å². The zero-order valence-corrected chi connectivity index (χ0v) is 18.7. The molecule has 0 aliphatic rings.